The highest BCUT2D eigenvalue weighted by Crippen LogP contribution is 2.30. The molecule has 0 aromatic heterocycles. The molecule has 0 spiro atoms. The molecule has 1 aliphatic carbocycles. The first kappa shape index (κ1) is 16.2. The van der Waals surface area contributed by atoms with Crippen molar-refractivity contribution < 1.29 is 10.0 Å². The van der Waals surface area contributed by atoms with Crippen LogP contribution in [-0.2, 0) is 6.54 Å². The van der Waals surface area contributed by atoms with Crippen molar-refractivity contribution in [3.05, 3.63) is 38.9 Å². The first-order chi connectivity index (χ1) is 10.1. The average Bonchev–Trinajstić information content (AvgIpc) is 2.49. The van der Waals surface area contributed by atoms with Crippen LogP contribution >= 0.6 is 11.6 Å². The van der Waals surface area contributed by atoms with Gasteiger partial charge in [0.15, 0.2) is 0 Å². The molecule has 0 radical (unpaired) electrons. The maximum atomic E-state index is 11.0. The third-order valence-corrected chi connectivity index (χ3v) is 4.65. The minimum atomic E-state index is -0.403. The Balaban J connectivity index is 1.95. The Morgan fingerprint density at radius 1 is 1.33 bits per heavy atom. The number of nitrogens with zero attached hydrogens (tertiary/aromatic N) is 1. The summed E-state index contributed by atoms with van der Waals surface area (Å²) in [6, 6.07) is 4.73. The number of nitro groups is 1. The summed E-state index contributed by atoms with van der Waals surface area (Å²) in [6.45, 7) is 1.36. The smallest absolute Gasteiger partial charge is 0.275 e. The zero-order valence-corrected chi connectivity index (χ0v) is 12.7. The fourth-order valence-corrected chi connectivity index (χ4v) is 3.31. The van der Waals surface area contributed by atoms with Crippen LogP contribution in [0.3, 0.4) is 0 Å². The quantitative estimate of drug-likeness (QED) is 0.625. The van der Waals surface area contributed by atoms with Gasteiger partial charge in [0, 0.05) is 19.2 Å². The summed E-state index contributed by atoms with van der Waals surface area (Å²) < 4.78 is 0. The van der Waals surface area contributed by atoms with E-state index in [9.17, 15) is 15.2 Å². The van der Waals surface area contributed by atoms with Crippen molar-refractivity contribution in [3.63, 3.8) is 0 Å². The van der Waals surface area contributed by atoms with Crippen molar-refractivity contribution in [3.8, 4) is 0 Å². The number of hydrogen-bond acceptors (Lipinski definition) is 4. The van der Waals surface area contributed by atoms with Gasteiger partial charge in [-0.1, -0.05) is 30.5 Å². The third-order valence-electron chi connectivity index (χ3n) is 4.30. The number of rotatable bonds is 6. The molecule has 2 N–H and O–H groups in total. The summed E-state index contributed by atoms with van der Waals surface area (Å²) in [6.07, 6.45) is 4.53. The molecule has 2 unspecified atom stereocenters. The predicted molar refractivity (Wildman–Crippen MR) is 82.3 cm³/mol. The lowest BCUT2D eigenvalue weighted by atomic mass is 9.79. The van der Waals surface area contributed by atoms with Crippen LogP contribution in [-0.4, -0.2) is 23.2 Å². The van der Waals surface area contributed by atoms with E-state index in [0.717, 1.165) is 19.4 Å². The molecular formula is C15H21ClN2O3. The van der Waals surface area contributed by atoms with Crippen LogP contribution in [0.2, 0.25) is 5.02 Å². The Labute approximate surface area is 129 Å². The summed E-state index contributed by atoms with van der Waals surface area (Å²) in [4.78, 5) is 10.6. The zero-order valence-electron chi connectivity index (χ0n) is 11.9. The highest BCUT2D eigenvalue weighted by atomic mass is 35.5. The molecule has 21 heavy (non-hydrogen) atoms. The SMILES string of the molecule is O=[N+]([O-])c1cccc(Cl)c1CNCC1CCCCC1CO. The van der Waals surface area contributed by atoms with E-state index in [-0.39, 0.29) is 12.3 Å². The minimum absolute atomic E-state index is 0.0531. The second-order valence-electron chi connectivity index (χ2n) is 5.61. The Bertz CT molecular complexity index is 496. The highest BCUT2D eigenvalue weighted by Gasteiger charge is 2.24. The molecule has 1 aromatic rings. The second-order valence-corrected chi connectivity index (χ2v) is 6.02. The van der Waals surface area contributed by atoms with E-state index in [1.54, 1.807) is 12.1 Å². The van der Waals surface area contributed by atoms with Crippen molar-refractivity contribution in [2.24, 2.45) is 11.8 Å². The van der Waals surface area contributed by atoms with Crippen LogP contribution in [0.1, 0.15) is 31.2 Å². The lowest BCUT2D eigenvalue weighted by molar-refractivity contribution is -0.385. The number of halogens is 1. The summed E-state index contributed by atoms with van der Waals surface area (Å²) in [5.74, 6) is 0.776. The van der Waals surface area contributed by atoms with E-state index in [0.29, 0.717) is 29.0 Å². The van der Waals surface area contributed by atoms with Gasteiger partial charge < -0.3 is 10.4 Å². The van der Waals surface area contributed by atoms with Crippen LogP contribution in [0, 0.1) is 22.0 Å². The molecule has 0 aliphatic heterocycles. The van der Waals surface area contributed by atoms with Crippen molar-refractivity contribution >= 4 is 17.3 Å². The number of nitro benzene ring substituents is 1. The first-order valence-corrected chi connectivity index (χ1v) is 7.74. The fourth-order valence-electron chi connectivity index (χ4n) is 3.07. The van der Waals surface area contributed by atoms with Crippen LogP contribution in [0.15, 0.2) is 18.2 Å². The molecule has 116 valence electrons. The normalized spacial score (nSPS) is 22.2. The molecule has 1 saturated carbocycles. The standard InChI is InChI=1S/C15H21ClN2O3/c16-14-6-3-7-15(18(20)21)13(14)9-17-8-11-4-1-2-5-12(11)10-19/h3,6-7,11-12,17,19H,1-2,4-5,8-10H2. The van der Waals surface area contributed by atoms with Gasteiger partial charge in [0.1, 0.15) is 0 Å². The van der Waals surface area contributed by atoms with Crippen LogP contribution in [0.4, 0.5) is 5.69 Å². The molecule has 6 heteroatoms. The van der Waals surface area contributed by atoms with Crippen molar-refractivity contribution in [2.75, 3.05) is 13.2 Å². The van der Waals surface area contributed by atoms with Crippen LogP contribution in [0.25, 0.3) is 0 Å². The lowest BCUT2D eigenvalue weighted by Crippen LogP contribution is -2.32. The molecule has 0 saturated heterocycles. The van der Waals surface area contributed by atoms with Gasteiger partial charge in [-0.3, -0.25) is 10.1 Å². The third kappa shape index (κ3) is 4.15. The highest BCUT2D eigenvalue weighted by molar-refractivity contribution is 6.31. The molecule has 5 nitrogen and oxygen atoms in total. The van der Waals surface area contributed by atoms with Crippen LogP contribution < -0.4 is 5.32 Å². The summed E-state index contributed by atoms with van der Waals surface area (Å²) in [7, 11) is 0. The molecule has 0 heterocycles. The van der Waals surface area contributed by atoms with Crippen molar-refractivity contribution in [2.45, 2.75) is 32.2 Å². The second kappa shape index (κ2) is 7.73. The van der Waals surface area contributed by atoms with Gasteiger partial charge in [-0.25, -0.2) is 0 Å². The summed E-state index contributed by atoms with van der Waals surface area (Å²) in [5.41, 5.74) is 0.581. The van der Waals surface area contributed by atoms with Gasteiger partial charge in [0.25, 0.3) is 5.69 Å². The first-order valence-electron chi connectivity index (χ1n) is 7.36. The van der Waals surface area contributed by atoms with Gasteiger partial charge >= 0.3 is 0 Å². The summed E-state index contributed by atoms with van der Waals surface area (Å²) in [5, 5.41) is 24.1. The predicted octanol–water partition coefficient (Wildman–Crippen LogP) is 3.14. The van der Waals surface area contributed by atoms with Crippen LogP contribution in [0.5, 0.6) is 0 Å². The van der Waals surface area contributed by atoms with E-state index >= 15 is 0 Å². The molecule has 2 rings (SSSR count). The van der Waals surface area contributed by atoms with Gasteiger partial charge in [-0.15, -0.1) is 0 Å². The van der Waals surface area contributed by atoms with Gasteiger partial charge in [-0.05, 0) is 37.3 Å². The molecule has 2 atom stereocenters. The van der Waals surface area contributed by atoms with Crippen molar-refractivity contribution in [1.29, 1.82) is 0 Å². The van der Waals surface area contributed by atoms with E-state index in [1.165, 1.54) is 18.9 Å². The zero-order chi connectivity index (χ0) is 15.2. The average molecular weight is 313 g/mol. The molecular weight excluding hydrogens is 292 g/mol. The fraction of sp³-hybridized carbons (Fsp3) is 0.600. The monoisotopic (exact) mass is 312 g/mol. The van der Waals surface area contributed by atoms with Gasteiger partial charge in [-0.2, -0.15) is 0 Å². The van der Waals surface area contributed by atoms with E-state index in [2.05, 4.69) is 5.32 Å². The Morgan fingerprint density at radius 2 is 2.05 bits per heavy atom. The Kier molecular flexibility index (Phi) is 5.96. The van der Waals surface area contributed by atoms with Gasteiger partial charge in [0.2, 0.25) is 0 Å². The number of aliphatic hydroxyl groups excluding tert-OH is 1. The Hall–Kier alpha value is -1.17. The van der Waals surface area contributed by atoms with E-state index in [1.807, 2.05) is 0 Å². The van der Waals surface area contributed by atoms with E-state index in [4.69, 9.17) is 11.6 Å². The molecule has 1 fully saturated rings. The number of aliphatic hydroxyl groups is 1. The van der Waals surface area contributed by atoms with E-state index < -0.39 is 4.92 Å². The number of hydrogen-bond donors (Lipinski definition) is 2. The number of benzene rings is 1. The molecule has 1 aliphatic rings. The molecule has 0 amide bonds. The number of nitrogens with one attached hydrogen (secondary N) is 1. The maximum Gasteiger partial charge on any atom is 0.275 e. The molecule has 0 bridgehead atoms. The summed E-state index contributed by atoms with van der Waals surface area (Å²) >= 11 is 6.07. The topological polar surface area (TPSA) is 75.4 Å². The Morgan fingerprint density at radius 3 is 2.71 bits per heavy atom. The lowest BCUT2D eigenvalue weighted by Gasteiger charge is -2.30. The van der Waals surface area contributed by atoms with Crippen molar-refractivity contribution in [1.82, 2.24) is 5.32 Å². The molecule has 1 aromatic carbocycles. The van der Waals surface area contributed by atoms with Gasteiger partial charge in [0.05, 0.1) is 15.5 Å². The minimum Gasteiger partial charge on any atom is -0.396 e. The largest absolute Gasteiger partial charge is 0.396 e. The maximum absolute atomic E-state index is 11.0.